The van der Waals surface area contributed by atoms with Crippen LogP contribution in [-0.2, 0) is 11.3 Å². The van der Waals surface area contributed by atoms with Crippen molar-refractivity contribution >= 4 is 40.3 Å². The summed E-state index contributed by atoms with van der Waals surface area (Å²) in [5.41, 5.74) is 0.993. The van der Waals surface area contributed by atoms with Crippen LogP contribution in [0.25, 0.3) is 17.4 Å². The van der Waals surface area contributed by atoms with Crippen LogP contribution in [0.15, 0.2) is 74.6 Å². The van der Waals surface area contributed by atoms with Gasteiger partial charge in [0.2, 0.25) is 0 Å². The molecule has 0 unspecified atom stereocenters. The molecular formula is C19H13NO3S2. The summed E-state index contributed by atoms with van der Waals surface area (Å²) in [6, 6.07) is 17.2. The Hall–Kier alpha value is -2.57. The first kappa shape index (κ1) is 15.9. The van der Waals surface area contributed by atoms with Crippen molar-refractivity contribution in [2.75, 3.05) is 0 Å². The molecule has 0 bridgehead atoms. The molecule has 0 N–H and O–H groups in total. The lowest BCUT2D eigenvalue weighted by Gasteiger charge is -2.11. The van der Waals surface area contributed by atoms with Crippen LogP contribution in [0, 0.1) is 0 Å². The summed E-state index contributed by atoms with van der Waals surface area (Å²) in [6.07, 6.45) is 3.31. The van der Waals surface area contributed by atoms with E-state index in [0.29, 0.717) is 27.3 Å². The van der Waals surface area contributed by atoms with Gasteiger partial charge in [0.05, 0.1) is 17.7 Å². The number of carbonyl (C=O) groups excluding carboxylic acids is 1. The SMILES string of the molecule is O=C1/C(=C\c2ccc(-c3ccccc3)o2)SC(=S)N1Cc1ccco1. The van der Waals surface area contributed by atoms with Gasteiger partial charge in [-0.2, -0.15) is 0 Å². The second kappa shape index (κ2) is 6.74. The van der Waals surface area contributed by atoms with Crippen LogP contribution >= 0.6 is 24.0 Å². The molecule has 124 valence electrons. The maximum Gasteiger partial charge on any atom is 0.266 e. The first-order chi connectivity index (χ1) is 12.2. The Morgan fingerprint density at radius 1 is 1.08 bits per heavy atom. The number of rotatable bonds is 4. The van der Waals surface area contributed by atoms with E-state index in [1.165, 1.54) is 16.7 Å². The minimum absolute atomic E-state index is 0.135. The fourth-order valence-corrected chi connectivity index (χ4v) is 3.75. The van der Waals surface area contributed by atoms with Crippen LogP contribution in [0.3, 0.4) is 0 Å². The third kappa shape index (κ3) is 3.31. The smallest absolute Gasteiger partial charge is 0.266 e. The van der Waals surface area contributed by atoms with Crippen molar-refractivity contribution in [3.63, 3.8) is 0 Å². The number of carbonyl (C=O) groups is 1. The second-order valence-electron chi connectivity index (χ2n) is 5.42. The molecule has 2 aromatic heterocycles. The molecule has 3 heterocycles. The van der Waals surface area contributed by atoms with Gasteiger partial charge < -0.3 is 8.83 Å². The molecule has 0 atom stereocenters. The van der Waals surface area contributed by atoms with Crippen molar-refractivity contribution in [1.82, 2.24) is 4.90 Å². The topological polar surface area (TPSA) is 46.6 Å². The van der Waals surface area contributed by atoms with Crippen LogP contribution in [0.1, 0.15) is 11.5 Å². The summed E-state index contributed by atoms with van der Waals surface area (Å²) in [5, 5.41) is 0. The minimum Gasteiger partial charge on any atom is -0.467 e. The highest BCUT2D eigenvalue weighted by Gasteiger charge is 2.32. The van der Waals surface area contributed by atoms with Gasteiger partial charge in [0.15, 0.2) is 0 Å². The highest BCUT2D eigenvalue weighted by Crippen LogP contribution is 2.34. The van der Waals surface area contributed by atoms with E-state index >= 15 is 0 Å². The quantitative estimate of drug-likeness (QED) is 0.483. The summed E-state index contributed by atoms with van der Waals surface area (Å²) >= 11 is 6.59. The fraction of sp³-hybridized carbons (Fsp3) is 0.0526. The van der Waals surface area contributed by atoms with Gasteiger partial charge in [0.25, 0.3) is 5.91 Å². The summed E-state index contributed by atoms with van der Waals surface area (Å²) in [7, 11) is 0. The first-order valence-electron chi connectivity index (χ1n) is 7.64. The lowest BCUT2D eigenvalue weighted by atomic mass is 10.2. The number of thiocarbonyl (C=S) groups is 1. The number of benzene rings is 1. The van der Waals surface area contributed by atoms with Gasteiger partial charge in [-0.05, 0) is 24.3 Å². The predicted octanol–water partition coefficient (Wildman–Crippen LogP) is 4.94. The number of hydrogen-bond donors (Lipinski definition) is 0. The number of amides is 1. The lowest BCUT2D eigenvalue weighted by molar-refractivity contribution is -0.122. The molecule has 3 aromatic rings. The maximum atomic E-state index is 12.6. The van der Waals surface area contributed by atoms with E-state index in [2.05, 4.69) is 0 Å². The Balaban J connectivity index is 1.55. The number of hydrogen-bond acceptors (Lipinski definition) is 5. The average molecular weight is 367 g/mol. The highest BCUT2D eigenvalue weighted by atomic mass is 32.2. The molecule has 6 heteroatoms. The van der Waals surface area contributed by atoms with Gasteiger partial charge >= 0.3 is 0 Å². The van der Waals surface area contributed by atoms with E-state index in [1.807, 2.05) is 48.5 Å². The molecule has 0 spiro atoms. The average Bonchev–Trinajstić information content (AvgIpc) is 3.35. The van der Waals surface area contributed by atoms with Gasteiger partial charge in [-0.3, -0.25) is 9.69 Å². The molecule has 0 saturated carbocycles. The highest BCUT2D eigenvalue weighted by molar-refractivity contribution is 8.26. The number of nitrogens with zero attached hydrogens (tertiary/aromatic N) is 1. The molecule has 1 aromatic carbocycles. The maximum absolute atomic E-state index is 12.6. The summed E-state index contributed by atoms with van der Waals surface area (Å²) in [6.45, 7) is 0.336. The normalized spacial score (nSPS) is 16.2. The van der Waals surface area contributed by atoms with E-state index in [-0.39, 0.29) is 5.91 Å². The Morgan fingerprint density at radius 2 is 1.92 bits per heavy atom. The van der Waals surface area contributed by atoms with Crippen molar-refractivity contribution in [3.8, 4) is 11.3 Å². The summed E-state index contributed by atoms with van der Waals surface area (Å²) < 4.78 is 11.6. The van der Waals surface area contributed by atoms with E-state index in [0.717, 1.165) is 11.3 Å². The van der Waals surface area contributed by atoms with Crippen LogP contribution in [-0.4, -0.2) is 15.1 Å². The molecule has 25 heavy (non-hydrogen) atoms. The van der Waals surface area contributed by atoms with Gasteiger partial charge in [0, 0.05) is 11.6 Å². The van der Waals surface area contributed by atoms with Crippen molar-refractivity contribution in [3.05, 3.63) is 77.3 Å². The van der Waals surface area contributed by atoms with Gasteiger partial charge in [-0.1, -0.05) is 54.3 Å². The molecular weight excluding hydrogens is 354 g/mol. The first-order valence-corrected chi connectivity index (χ1v) is 8.86. The molecule has 1 aliphatic heterocycles. The van der Waals surface area contributed by atoms with E-state index in [1.54, 1.807) is 18.4 Å². The Labute approximate surface area is 154 Å². The summed E-state index contributed by atoms with van der Waals surface area (Å²) in [4.78, 5) is 14.7. The van der Waals surface area contributed by atoms with Gasteiger partial charge in [0.1, 0.15) is 21.6 Å². The lowest BCUT2D eigenvalue weighted by Crippen LogP contribution is -2.27. The third-order valence-electron chi connectivity index (χ3n) is 3.73. The van der Waals surface area contributed by atoms with Crippen molar-refractivity contribution < 1.29 is 13.6 Å². The van der Waals surface area contributed by atoms with Gasteiger partial charge in [-0.25, -0.2) is 0 Å². The third-order valence-corrected chi connectivity index (χ3v) is 5.10. The van der Waals surface area contributed by atoms with Gasteiger partial charge in [-0.15, -0.1) is 0 Å². The van der Waals surface area contributed by atoms with Crippen LogP contribution in [0.5, 0.6) is 0 Å². The standard InChI is InChI=1S/C19H13NO3S2/c21-18-17(25-19(24)20(18)12-15-7-4-10-22-15)11-14-8-9-16(23-14)13-5-2-1-3-6-13/h1-11H,12H2/b17-11+. The molecule has 1 fully saturated rings. The zero-order valence-corrected chi connectivity index (χ0v) is 14.7. The zero-order chi connectivity index (χ0) is 17.2. The second-order valence-corrected chi connectivity index (χ2v) is 7.09. The molecule has 1 saturated heterocycles. The Kier molecular flexibility index (Phi) is 4.29. The molecule has 4 rings (SSSR count). The minimum atomic E-state index is -0.135. The zero-order valence-electron chi connectivity index (χ0n) is 13.0. The van der Waals surface area contributed by atoms with Crippen LogP contribution in [0.4, 0.5) is 0 Å². The molecule has 0 aliphatic carbocycles. The van der Waals surface area contributed by atoms with Crippen LogP contribution < -0.4 is 0 Å². The predicted molar refractivity (Wildman–Crippen MR) is 102 cm³/mol. The van der Waals surface area contributed by atoms with Crippen molar-refractivity contribution in [1.29, 1.82) is 0 Å². The molecule has 1 aliphatic rings. The Morgan fingerprint density at radius 3 is 2.68 bits per heavy atom. The monoisotopic (exact) mass is 367 g/mol. The largest absolute Gasteiger partial charge is 0.467 e. The van der Waals surface area contributed by atoms with E-state index in [4.69, 9.17) is 21.1 Å². The van der Waals surface area contributed by atoms with Crippen LogP contribution in [0.2, 0.25) is 0 Å². The fourth-order valence-electron chi connectivity index (χ4n) is 2.51. The molecule has 0 radical (unpaired) electrons. The number of thioether (sulfide) groups is 1. The number of furan rings is 2. The van der Waals surface area contributed by atoms with E-state index < -0.39 is 0 Å². The molecule has 1 amide bonds. The molecule has 4 nitrogen and oxygen atoms in total. The summed E-state index contributed by atoms with van der Waals surface area (Å²) in [5.74, 6) is 1.95. The Bertz CT molecular complexity index is 942. The van der Waals surface area contributed by atoms with E-state index in [9.17, 15) is 4.79 Å². The van der Waals surface area contributed by atoms with Crippen molar-refractivity contribution in [2.45, 2.75) is 6.54 Å². The van der Waals surface area contributed by atoms with Crippen molar-refractivity contribution in [2.24, 2.45) is 0 Å².